The molecule has 0 spiro atoms. The normalized spacial score (nSPS) is 11.6. The van der Waals surface area contributed by atoms with E-state index in [0.717, 1.165) is 19.4 Å². The number of hydrogen-bond donors (Lipinski definition) is 4. The highest BCUT2D eigenvalue weighted by Crippen LogP contribution is 1.96. The van der Waals surface area contributed by atoms with Gasteiger partial charge in [0.1, 0.15) is 25.0 Å². The molecule has 110 valence electrons. The molecule has 0 aliphatic carbocycles. The van der Waals surface area contributed by atoms with Gasteiger partial charge in [-0.15, -0.1) is 0 Å². The lowest BCUT2D eigenvalue weighted by atomic mass is 10.1. The minimum absolute atomic E-state index is 0.520. The molecule has 0 saturated heterocycles. The predicted octanol–water partition coefficient (Wildman–Crippen LogP) is -1.20. The first-order valence-corrected chi connectivity index (χ1v) is 6.40. The molecule has 0 radical (unpaired) electrons. The van der Waals surface area contributed by atoms with Gasteiger partial charge in [-0.05, 0) is 19.4 Å². The van der Waals surface area contributed by atoms with Crippen molar-refractivity contribution in [3.63, 3.8) is 0 Å². The van der Waals surface area contributed by atoms with Crippen molar-refractivity contribution in [3.05, 3.63) is 18.7 Å². The molecule has 19 heavy (non-hydrogen) atoms. The summed E-state index contributed by atoms with van der Waals surface area (Å²) in [5.41, 5.74) is 15.8. The molecule has 0 aliphatic rings. The molecule has 0 amide bonds. The van der Waals surface area contributed by atoms with E-state index < -0.39 is 12.0 Å². The molecule has 1 rings (SSSR count). The standard InChI is InChI=1S/C6H12N3.C6H14N2O2/c1-8-4-5-9(6-8)3-2-7;7-4-2-1-3-5(8)6(9)10/h4-6H,2-3,7H2,1H3;5H,1-4,7-8H2,(H,9,10)/q+1;/t;5-/m.0/s1. The number of carboxylic acids is 1. The number of carbonyl (C=O) groups is 1. The van der Waals surface area contributed by atoms with E-state index in [1.165, 1.54) is 0 Å². The maximum Gasteiger partial charge on any atom is 0.320 e. The molecule has 7 heteroatoms. The number of unbranched alkanes of at least 4 members (excludes halogenated alkanes) is 1. The Labute approximate surface area is 114 Å². The Morgan fingerprint density at radius 2 is 2.05 bits per heavy atom. The number of rotatable bonds is 7. The number of nitrogens with zero attached hydrogens (tertiary/aromatic N) is 2. The maximum atomic E-state index is 10.1. The minimum atomic E-state index is -0.933. The summed E-state index contributed by atoms with van der Waals surface area (Å²) < 4.78 is 4.05. The van der Waals surface area contributed by atoms with Gasteiger partial charge in [0.15, 0.2) is 0 Å². The lowest BCUT2D eigenvalue weighted by molar-refractivity contribution is -0.693. The quantitative estimate of drug-likeness (QED) is 0.366. The lowest BCUT2D eigenvalue weighted by Gasteiger charge is -2.03. The molecule has 0 fully saturated rings. The monoisotopic (exact) mass is 272 g/mol. The van der Waals surface area contributed by atoms with Crippen molar-refractivity contribution in [1.29, 1.82) is 0 Å². The van der Waals surface area contributed by atoms with E-state index in [4.69, 9.17) is 22.3 Å². The molecule has 0 aromatic carbocycles. The fraction of sp³-hybridized carbons (Fsp3) is 0.667. The fourth-order valence-corrected chi connectivity index (χ4v) is 1.42. The first-order chi connectivity index (χ1) is 9.01. The molecule has 0 unspecified atom stereocenters. The summed E-state index contributed by atoms with van der Waals surface area (Å²) in [6.45, 7) is 2.21. The Kier molecular flexibility index (Phi) is 9.69. The number of aromatic nitrogens is 2. The van der Waals surface area contributed by atoms with Gasteiger partial charge in [0.2, 0.25) is 6.33 Å². The summed E-state index contributed by atoms with van der Waals surface area (Å²) >= 11 is 0. The fourth-order valence-electron chi connectivity index (χ4n) is 1.42. The Bertz CT molecular complexity index is 354. The summed E-state index contributed by atoms with van der Waals surface area (Å²) in [6.07, 6.45) is 8.17. The molecule has 1 heterocycles. The SMILES string of the molecule is Cn1cc[n+](CCN)c1.NCCCC[C@H](N)C(=O)O. The second-order valence-electron chi connectivity index (χ2n) is 4.33. The highest BCUT2D eigenvalue weighted by Gasteiger charge is 2.09. The predicted molar refractivity (Wildman–Crippen MR) is 73.2 cm³/mol. The van der Waals surface area contributed by atoms with E-state index in [1.807, 2.05) is 30.3 Å². The largest absolute Gasteiger partial charge is 0.480 e. The van der Waals surface area contributed by atoms with Gasteiger partial charge < -0.3 is 22.3 Å². The third-order valence-electron chi connectivity index (χ3n) is 2.50. The summed E-state index contributed by atoms with van der Waals surface area (Å²) in [5.74, 6) is -0.933. The van der Waals surface area contributed by atoms with Crippen molar-refractivity contribution in [2.24, 2.45) is 24.2 Å². The van der Waals surface area contributed by atoms with Crippen molar-refractivity contribution in [2.75, 3.05) is 13.1 Å². The van der Waals surface area contributed by atoms with Gasteiger partial charge in [-0.25, -0.2) is 9.13 Å². The van der Waals surface area contributed by atoms with Crippen LogP contribution in [0.3, 0.4) is 0 Å². The van der Waals surface area contributed by atoms with Crippen LogP contribution < -0.4 is 21.8 Å². The summed E-state index contributed by atoms with van der Waals surface area (Å²) in [4.78, 5) is 10.1. The van der Waals surface area contributed by atoms with Gasteiger partial charge in [-0.3, -0.25) is 4.79 Å². The Morgan fingerprint density at radius 3 is 2.47 bits per heavy atom. The van der Waals surface area contributed by atoms with Gasteiger partial charge in [-0.1, -0.05) is 6.42 Å². The zero-order valence-corrected chi connectivity index (χ0v) is 11.5. The molecular weight excluding hydrogens is 246 g/mol. The van der Waals surface area contributed by atoms with Crippen molar-refractivity contribution < 1.29 is 14.5 Å². The Morgan fingerprint density at radius 1 is 1.37 bits per heavy atom. The van der Waals surface area contributed by atoms with Crippen LogP contribution in [-0.4, -0.2) is 34.8 Å². The average Bonchev–Trinajstić information content (AvgIpc) is 2.76. The molecule has 1 aromatic heterocycles. The Hall–Kier alpha value is -1.44. The molecular formula is C12H26N5O2+. The first-order valence-electron chi connectivity index (χ1n) is 6.40. The van der Waals surface area contributed by atoms with E-state index in [9.17, 15) is 4.79 Å². The molecule has 1 aromatic rings. The van der Waals surface area contributed by atoms with Crippen molar-refractivity contribution in [2.45, 2.75) is 31.8 Å². The summed E-state index contributed by atoms with van der Waals surface area (Å²) in [6, 6.07) is -0.716. The van der Waals surface area contributed by atoms with Crippen molar-refractivity contribution >= 4 is 5.97 Å². The van der Waals surface area contributed by atoms with E-state index in [-0.39, 0.29) is 0 Å². The van der Waals surface area contributed by atoms with Crippen molar-refractivity contribution in [3.8, 4) is 0 Å². The van der Waals surface area contributed by atoms with Crippen LogP contribution in [0, 0.1) is 0 Å². The van der Waals surface area contributed by atoms with Crippen LogP contribution in [0.5, 0.6) is 0 Å². The van der Waals surface area contributed by atoms with Crippen LogP contribution >= 0.6 is 0 Å². The van der Waals surface area contributed by atoms with Gasteiger partial charge in [0.25, 0.3) is 0 Å². The van der Waals surface area contributed by atoms with Crippen LogP contribution in [0.2, 0.25) is 0 Å². The zero-order chi connectivity index (χ0) is 14.7. The third kappa shape index (κ3) is 9.18. The van der Waals surface area contributed by atoms with Crippen LogP contribution in [0.4, 0.5) is 0 Å². The second-order valence-corrected chi connectivity index (χ2v) is 4.33. The molecule has 0 bridgehead atoms. The molecule has 0 aliphatic heterocycles. The topological polar surface area (TPSA) is 124 Å². The summed E-state index contributed by atoms with van der Waals surface area (Å²) in [7, 11) is 1.99. The lowest BCUT2D eigenvalue weighted by Crippen LogP contribution is -2.35. The minimum Gasteiger partial charge on any atom is -0.480 e. The highest BCUT2D eigenvalue weighted by molar-refractivity contribution is 5.72. The van der Waals surface area contributed by atoms with Gasteiger partial charge in [-0.2, -0.15) is 0 Å². The number of aryl methyl sites for hydroxylation is 1. The van der Waals surface area contributed by atoms with E-state index in [1.54, 1.807) is 0 Å². The van der Waals surface area contributed by atoms with E-state index >= 15 is 0 Å². The van der Waals surface area contributed by atoms with Crippen LogP contribution in [0.1, 0.15) is 19.3 Å². The number of carboxylic acid groups (broad SMARTS) is 1. The van der Waals surface area contributed by atoms with Gasteiger partial charge >= 0.3 is 5.97 Å². The van der Waals surface area contributed by atoms with Crippen LogP contribution in [0.15, 0.2) is 18.7 Å². The molecule has 7 N–H and O–H groups in total. The maximum absolute atomic E-state index is 10.1. The smallest absolute Gasteiger partial charge is 0.320 e. The Balaban J connectivity index is 0.000000342. The molecule has 7 nitrogen and oxygen atoms in total. The van der Waals surface area contributed by atoms with Gasteiger partial charge in [0, 0.05) is 6.54 Å². The average molecular weight is 272 g/mol. The second kappa shape index (κ2) is 10.5. The number of nitrogens with two attached hydrogens (primary N) is 3. The molecule has 1 atom stereocenters. The summed E-state index contributed by atoms with van der Waals surface area (Å²) in [5, 5.41) is 8.33. The van der Waals surface area contributed by atoms with Crippen LogP contribution in [0.25, 0.3) is 0 Å². The number of aliphatic carboxylic acids is 1. The number of hydrogen-bond acceptors (Lipinski definition) is 4. The van der Waals surface area contributed by atoms with Gasteiger partial charge in [0.05, 0.1) is 7.05 Å². The first kappa shape index (κ1) is 17.6. The third-order valence-corrected chi connectivity index (χ3v) is 2.50. The van der Waals surface area contributed by atoms with Crippen molar-refractivity contribution in [1.82, 2.24) is 4.57 Å². The zero-order valence-electron chi connectivity index (χ0n) is 11.5. The van der Waals surface area contributed by atoms with E-state index in [0.29, 0.717) is 19.5 Å². The highest BCUT2D eigenvalue weighted by atomic mass is 16.4. The van der Waals surface area contributed by atoms with E-state index in [2.05, 4.69) is 4.57 Å². The van der Waals surface area contributed by atoms with Crippen LogP contribution in [-0.2, 0) is 18.4 Å². The number of imidazole rings is 1. The molecule has 0 saturated carbocycles.